The molecule has 0 unspecified atom stereocenters. The van der Waals surface area contributed by atoms with Gasteiger partial charge < -0.3 is 10.1 Å². The number of nitrogens with one attached hydrogen (secondary N) is 1. The lowest BCUT2D eigenvalue weighted by atomic mass is 10.2. The maximum Gasteiger partial charge on any atom is 0.435 e. The predicted octanol–water partition coefficient (Wildman–Crippen LogP) is 3.61. The van der Waals surface area contributed by atoms with Gasteiger partial charge in [-0.1, -0.05) is 12.1 Å². The van der Waals surface area contributed by atoms with Crippen LogP contribution in [-0.4, -0.2) is 28.8 Å². The van der Waals surface area contributed by atoms with E-state index >= 15 is 0 Å². The first-order valence-corrected chi connectivity index (χ1v) is 8.55. The fourth-order valence-corrected chi connectivity index (χ4v) is 2.76. The Bertz CT molecular complexity index is 782. The van der Waals surface area contributed by atoms with Gasteiger partial charge in [0.05, 0.1) is 18.7 Å². The van der Waals surface area contributed by atoms with E-state index in [9.17, 15) is 18.0 Å². The monoisotopic (exact) mass is 367 g/mol. The molecule has 0 saturated heterocycles. The van der Waals surface area contributed by atoms with E-state index < -0.39 is 11.9 Å². The molecule has 1 aliphatic carbocycles. The Morgan fingerprint density at radius 3 is 2.73 bits per heavy atom. The molecule has 5 nitrogen and oxygen atoms in total. The summed E-state index contributed by atoms with van der Waals surface area (Å²) in [4.78, 5) is 12.3. The van der Waals surface area contributed by atoms with Gasteiger partial charge in [0.2, 0.25) is 0 Å². The number of para-hydroxylation sites is 1. The van der Waals surface area contributed by atoms with Crippen molar-refractivity contribution >= 4 is 5.91 Å². The molecule has 1 amide bonds. The van der Waals surface area contributed by atoms with Gasteiger partial charge in [-0.15, -0.1) is 0 Å². The van der Waals surface area contributed by atoms with E-state index in [2.05, 4.69) is 10.4 Å². The Kier molecular flexibility index (Phi) is 5.20. The highest BCUT2D eigenvalue weighted by atomic mass is 19.4. The van der Waals surface area contributed by atoms with Crippen molar-refractivity contribution in [2.45, 2.75) is 38.4 Å². The molecule has 140 valence electrons. The largest absolute Gasteiger partial charge is 0.493 e. The molecule has 0 spiro atoms. The molecule has 0 bridgehead atoms. The quantitative estimate of drug-likeness (QED) is 0.813. The van der Waals surface area contributed by atoms with Crippen molar-refractivity contribution in [3.8, 4) is 5.75 Å². The lowest BCUT2D eigenvalue weighted by molar-refractivity contribution is -0.141. The second-order valence-electron chi connectivity index (χ2n) is 6.13. The van der Waals surface area contributed by atoms with Crippen LogP contribution in [0.25, 0.3) is 0 Å². The number of rotatable bonds is 7. The van der Waals surface area contributed by atoms with Crippen molar-refractivity contribution in [2.24, 2.45) is 0 Å². The van der Waals surface area contributed by atoms with E-state index in [4.69, 9.17) is 4.74 Å². The van der Waals surface area contributed by atoms with Crippen LogP contribution in [-0.2, 0) is 12.7 Å². The number of aromatic nitrogens is 2. The molecule has 1 aromatic heterocycles. The van der Waals surface area contributed by atoms with E-state index in [-0.39, 0.29) is 24.9 Å². The fraction of sp³-hybridized carbons (Fsp3) is 0.444. The zero-order valence-corrected chi connectivity index (χ0v) is 14.3. The van der Waals surface area contributed by atoms with Gasteiger partial charge in [0.15, 0.2) is 5.69 Å². The SMILES string of the molecule is CCOc1ccccc1C(=O)NCCn1nc(C(F)(F)F)cc1C1CC1. The summed E-state index contributed by atoms with van der Waals surface area (Å²) in [5.41, 5.74) is 0.0990. The van der Waals surface area contributed by atoms with Crippen LogP contribution in [0.5, 0.6) is 5.75 Å². The number of halogens is 3. The number of benzene rings is 1. The topological polar surface area (TPSA) is 56.1 Å². The van der Waals surface area contributed by atoms with E-state index in [0.29, 0.717) is 23.6 Å². The molecule has 1 aliphatic rings. The second-order valence-corrected chi connectivity index (χ2v) is 6.13. The third kappa shape index (κ3) is 4.17. The molecule has 1 N–H and O–H groups in total. The third-order valence-electron chi connectivity index (χ3n) is 4.14. The zero-order valence-electron chi connectivity index (χ0n) is 14.3. The number of hydrogen-bond acceptors (Lipinski definition) is 3. The average Bonchev–Trinajstić information content (AvgIpc) is 3.34. The van der Waals surface area contributed by atoms with Crippen molar-refractivity contribution in [3.05, 3.63) is 47.3 Å². The summed E-state index contributed by atoms with van der Waals surface area (Å²) in [5, 5.41) is 6.39. The Balaban J connectivity index is 1.65. The van der Waals surface area contributed by atoms with Crippen molar-refractivity contribution in [1.82, 2.24) is 15.1 Å². The van der Waals surface area contributed by atoms with Crippen molar-refractivity contribution in [3.63, 3.8) is 0 Å². The van der Waals surface area contributed by atoms with Crippen LogP contribution in [0.1, 0.15) is 47.4 Å². The van der Waals surface area contributed by atoms with Gasteiger partial charge >= 0.3 is 6.18 Å². The fourth-order valence-electron chi connectivity index (χ4n) is 2.76. The first kappa shape index (κ1) is 18.3. The van der Waals surface area contributed by atoms with Gasteiger partial charge in [0, 0.05) is 18.2 Å². The molecule has 1 heterocycles. The minimum absolute atomic E-state index is 0.132. The van der Waals surface area contributed by atoms with Gasteiger partial charge in [-0.3, -0.25) is 9.48 Å². The number of amides is 1. The molecular weight excluding hydrogens is 347 g/mol. The standard InChI is InChI=1S/C18H20F3N3O2/c1-2-26-15-6-4-3-5-13(15)17(25)22-9-10-24-14(12-7-8-12)11-16(23-24)18(19,20)21/h3-6,11-12H,2,7-10H2,1H3,(H,22,25). The van der Waals surface area contributed by atoms with Gasteiger partial charge in [-0.25, -0.2) is 0 Å². The van der Waals surface area contributed by atoms with Crippen LogP contribution < -0.4 is 10.1 Å². The van der Waals surface area contributed by atoms with Crippen LogP contribution in [0, 0.1) is 0 Å². The van der Waals surface area contributed by atoms with Crippen molar-refractivity contribution in [1.29, 1.82) is 0 Å². The van der Waals surface area contributed by atoms with E-state index in [1.807, 2.05) is 6.92 Å². The number of hydrogen-bond donors (Lipinski definition) is 1. The first-order chi connectivity index (χ1) is 12.4. The number of carbonyl (C=O) groups is 1. The molecule has 26 heavy (non-hydrogen) atoms. The smallest absolute Gasteiger partial charge is 0.435 e. The summed E-state index contributed by atoms with van der Waals surface area (Å²) in [5.74, 6) is 0.280. The lowest BCUT2D eigenvalue weighted by Gasteiger charge is -2.11. The molecule has 1 fully saturated rings. The predicted molar refractivity (Wildman–Crippen MR) is 89.1 cm³/mol. The molecule has 0 aliphatic heterocycles. The van der Waals surface area contributed by atoms with Gasteiger partial charge in [0.1, 0.15) is 5.75 Å². The third-order valence-corrected chi connectivity index (χ3v) is 4.14. The number of alkyl halides is 3. The molecule has 1 saturated carbocycles. The highest BCUT2D eigenvalue weighted by Gasteiger charge is 2.37. The Hall–Kier alpha value is -2.51. The summed E-state index contributed by atoms with van der Waals surface area (Å²) in [6.45, 7) is 2.62. The first-order valence-electron chi connectivity index (χ1n) is 8.55. The summed E-state index contributed by atoms with van der Waals surface area (Å²) in [7, 11) is 0. The highest BCUT2D eigenvalue weighted by molar-refractivity contribution is 5.96. The number of carbonyl (C=O) groups excluding carboxylic acids is 1. The molecule has 0 radical (unpaired) electrons. The van der Waals surface area contributed by atoms with Gasteiger partial charge in [-0.05, 0) is 38.0 Å². The molecule has 2 aromatic rings. The Morgan fingerprint density at radius 1 is 1.35 bits per heavy atom. The van der Waals surface area contributed by atoms with Crippen molar-refractivity contribution in [2.75, 3.05) is 13.2 Å². The van der Waals surface area contributed by atoms with Gasteiger partial charge in [-0.2, -0.15) is 18.3 Å². The minimum atomic E-state index is -4.46. The maximum absolute atomic E-state index is 12.9. The normalized spacial score (nSPS) is 14.3. The Labute approximate surface area is 149 Å². The molecule has 8 heteroatoms. The summed E-state index contributed by atoms with van der Waals surface area (Å²) in [6, 6.07) is 7.96. The minimum Gasteiger partial charge on any atom is -0.493 e. The maximum atomic E-state index is 12.9. The van der Waals surface area contributed by atoms with Crippen LogP contribution in [0.15, 0.2) is 30.3 Å². The van der Waals surface area contributed by atoms with Crippen LogP contribution in [0.4, 0.5) is 13.2 Å². The second kappa shape index (κ2) is 7.39. The summed E-state index contributed by atoms with van der Waals surface area (Å²) in [6.07, 6.45) is -2.72. The van der Waals surface area contributed by atoms with Crippen LogP contribution >= 0.6 is 0 Å². The van der Waals surface area contributed by atoms with Crippen LogP contribution in [0.3, 0.4) is 0 Å². The van der Waals surface area contributed by atoms with Gasteiger partial charge in [0.25, 0.3) is 5.91 Å². The summed E-state index contributed by atoms with van der Waals surface area (Å²) >= 11 is 0. The van der Waals surface area contributed by atoms with E-state index in [1.54, 1.807) is 24.3 Å². The highest BCUT2D eigenvalue weighted by Crippen LogP contribution is 2.42. The average molecular weight is 367 g/mol. The van der Waals surface area contributed by atoms with Crippen LogP contribution in [0.2, 0.25) is 0 Å². The van der Waals surface area contributed by atoms with E-state index in [1.165, 1.54) is 4.68 Å². The van der Waals surface area contributed by atoms with Crippen molar-refractivity contribution < 1.29 is 22.7 Å². The van der Waals surface area contributed by atoms with E-state index in [0.717, 1.165) is 18.9 Å². The molecular formula is C18H20F3N3O2. The zero-order chi connectivity index (χ0) is 18.7. The molecule has 3 rings (SSSR count). The summed E-state index contributed by atoms with van der Waals surface area (Å²) < 4.78 is 45.5. The number of nitrogens with zero attached hydrogens (tertiary/aromatic N) is 2. The Morgan fingerprint density at radius 2 is 2.08 bits per heavy atom. The number of ether oxygens (including phenoxy) is 1. The molecule has 0 atom stereocenters. The lowest BCUT2D eigenvalue weighted by Crippen LogP contribution is -2.28. The molecule has 1 aromatic carbocycles.